The summed E-state index contributed by atoms with van der Waals surface area (Å²) in [6.07, 6.45) is 1.18. The number of aliphatic imine (C=N–C) groups is 1. The molecule has 2 N–H and O–H groups in total. The van der Waals surface area contributed by atoms with Crippen molar-refractivity contribution in [3.05, 3.63) is 35.6 Å². The summed E-state index contributed by atoms with van der Waals surface area (Å²) in [7, 11) is -1.39. The van der Waals surface area contributed by atoms with Gasteiger partial charge in [-0.25, -0.2) is 12.8 Å². The number of nitrogens with one attached hydrogen (secondary N) is 2. The van der Waals surface area contributed by atoms with Gasteiger partial charge in [0.15, 0.2) is 5.96 Å². The molecule has 0 bridgehead atoms. The van der Waals surface area contributed by atoms with Gasteiger partial charge in [-0.3, -0.25) is 4.99 Å². The molecular weight excluding hydrogens is 269 g/mol. The summed E-state index contributed by atoms with van der Waals surface area (Å²) < 4.78 is 34.7. The maximum absolute atomic E-state index is 12.7. The van der Waals surface area contributed by atoms with Crippen LogP contribution in [0.1, 0.15) is 5.56 Å². The van der Waals surface area contributed by atoms with Gasteiger partial charge in [0.25, 0.3) is 0 Å². The molecule has 1 rings (SSSR count). The summed E-state index contributed by atoms with van der Waals surface area (Å²) in [5.41, 5.74) is 0.910. The van der Waals surface area contributed by atoms with Crippen LogP contribution in [0.3, 0.4) is 0 Å². The van der Waals surface area contributed by atoms with Crippen LogP contribution in [0.25, 0.3) is 0 Å². The summed E-state index contributed by atoms with van der Waals surface area (Å²) in [6, 6.07) is 6.12. The van der Waals surface area contributed by atoms with Crippen molar-refractivity contribution in [2.24, 2.45) is 4.99 Å². The van der Waals surface area contributed by atoms with Crippen LogP contribution in [0.5, 0.6) is 0 Å². The fourth-order valence-corrected chi connectivity index (χ4v) is 1.84. The molecule has 0 fully saturated rings. The number of halogens is 1. The first-order chi connectivity index (χ1) is 8.90. The van der Waals surface area contributed by atoms with Crippen LogP contribution in [0.4, 0.5) is 4.39 Å². The lowest BCUT2D eigenvalue weighted by Gasteiger charge is -2.11. The number of rotatable bonds is 5. The van der Waals surface area contributed by atoms with E-state index in [0.717, 1.165) is 5.56 Å². The van der Waals surface area contributed by atoms with Gasteiger partial charge in [0.1, 0.15) is 15.7 Å². The van der Waals surface area contributed by atoms with E-state index in [4.69, 9.17) is 0 Å². The first kappa shape index (κ1) is 15.4. The number of nitrogens with zero attached hydrogens (tertiary/aromatic N) is 1. The van der Waals surface area contributed by atoms with Crippen LogP contribution in [-0.2, 0) is 16.4 Å². The second-order valence-electron chi connectivity index (χ2n) is 4.11. The molecule has 7 heteroatoms. The summed E-state index contributed by atoms with van der Waals surface area (Å²) >= 11 is 0. The van der Waals surface area contributed by atoms with E-state index in [1.807, 2.05) is 0 Å². The van der Waals surface area contributed by atoms with Crippen molar-refractivity contribution in [2.75, 3.05) is 25.6 Å². The zero-order valence-corrected chi connectivity index (χ0v) is 11.8. The van der Waals surface area contributed by atoms with Gasteiger partial charge >= 0.3 is 0 Å². The lowest BCUT2D eigenvalue weighted by Crippen LogP contribution is -2.39. The fourth-order valence-electron chi connectivity index (χ4n) is 1.36. The van der Waals surface area contributed by atoms with Gasteiger partial charge in [0.05, 0.1) is 5.75 Å². The molecule has 0 unspecified atom stereocenters. The Balaban J connectivity index is 2.39. The van der Waals surface area contributed by atoms with Gasteiger partial charge in [0.2, 0.25) is 0 Å². The highest BCUT2D eigenvalue weighted by molar-refractivity contribution is 7.90. The van der Waals surface area contributed by atoms with E-state index in [9.17, 15) is 12.8 Å². The Morgan fingerprint density at radius 3 is 2.42 bits per heavy atom. The molecule has 0 saturated carbocycles. The quantitative estimate of drug-likeness (QED) is 0.612. The normalized spacial score (nSPS) is 12.3. The largest absolute Gasteiger partial charge is 0.355 e. The molecule has 106 valence electrons. The van der Waals surface area contributed by atoms with Crippen LogP contribution in [0.2, 0.25) is 0 Å². The molecule has 0 heterocycles. The molecule has 5 nitrogen and oxygen atoms in total. The monoisotopic (exact) mass is 287 g/mol. The van der Waals surface area contributed by atoms with Crippen LogP contribution in [0.15, 0.2) is 29.3 Å². The first-order valence-corrected chi connectivity index (χ1v) is 7.83. The Labute approximate surface area is 112 Å². The Hall–Kier alpha value is -1.63. The van der Waals surface area contributed by atoms with Gasteiger partial charge in [-0.15, -0.1) is 0 Å². The number of benzene rings is 1. The van der Waals surface area contributed by atoms with Gasteiger partial charge in [-0.05, 0) is 17.7 Å². The second-order valence-corrected chi connectivity index (χ2v) is 6.37. The van der Waals surface area contributed by atoms with E-state index in [2.05, 4.69) is 15.6 Å². The molecule has 0 aliphatic heterocycles. The van der Waals surface area contributed by atoms with Crippen LogP contribution in [0, 0.1) is 5.82 Å². The highest BCUT2D eigenvalue weighted by atomic mass is 32.2. The molecule has 0 saturated heterocycles. The molecule has 0 atom stereocenters. The van der Waals surface area contributed by atoms with Crippen molar-refractivity contribution in [3.63, 3.8) is 0 Å². The van der Waals surface area contributed by atoms with E-state index >= 15 is 0 Å². The predicted octanol–water partition coefficient (Wildman–Crippen LogP) is 0.535. The van der Waals surface area contributed by atoms with Crippen molar-refractivity contribution < 1.29 is 12.8 Å². The number of hydrogen-bond donors (Lipinski definition) is 2. The third kappa shape index (κ3) is 6.76. The topological polar surface area (TPSA) is 70.6 Å². The lowest BCUT2D eigenvalue weighted by molar-refractivity contribution is 0.600. The van der Waals surface area contributed by atoms with Crippen LogP contribution >= 0.6 is 0 Å². The molecule has 0 aromatic heterocycles. The number of guanidine groups is 1. The molecule has 0 aliphatic rings. The van der Waals surface area contributed by atoms with E-state index < -0.39 is 9.84 Å². The summed E-state index contributed by atoms with van der Waals surface area (Å²) in [6.45, 7) is 0.779. The first-order valence-electron chi connectivity index (χ1n) is 5.77. The number of sulfone groups is 1. The Bertz CT molecular complexity index is 526. The minimum Gasteiger partial charge on any atom is -0.355 e. The molecule has 0 amide bonds. The minimum atomic E-state index is -2.99. The Kier molecular flexibility index (Phi) is 5.75. The molecule has 1 aromatic carbocycles. The van der Waals surface area contributed by atoms with E-state index in [1.165, 1.54) is 18.4 Å². The van der Waals surface area contributed by atoms with E-state index in [-0.39, 0.29) is 11.6 Å². The molecule has 1 aromatic rings. The Morgan fingerprint density at radius 1 is 1.26 bits per heavy atom. The predicted molar refractivity (Wildman–Crippen MR) is 74.3 cm³/mol. The summed E-state index contributed by atoms with van der Waals surface area (Å²) in [5, 5.41) is 5.91. The summed E-state index contributed by atoms with van der Waals surface area (Å²) in [4.78, 5) is 3.97. The van der Waals surface area contributed by atoms with Gasteiger partial charge < -0.3 is 10.6 Å². The highest BCUT2D eigenvalue weighted by Crippen LogP contribution is 2.01. The fraction of sp³-hybridized carbons (Fsp3) is 0.417. The van der Waals surface area contributed by atoms with Crippen molar-refractivity contribution in [1.29, 1.82) is 0 Å². The zero-order valence-electron chi connectivity index (χ0n) is 11.0. The number of hydrogen-bond acceptors (Lipinski definition) is 3. The summed E-state index contributed by atoms with van der Waals surface area (Å²) in [5.74, 6) is 0.275. The minimum absolute atomic E-state index is 0.0459. The van der Waals surface area contributed by atoms with E-state index in [1.54, 1.807) is 19.2 Å². The van der Waals surface area contributed by atoms with E-state index in [0.29, 0.717) is 19.0 Å². The van der Waals surface area contributed by atoms with Crippen molar-refractivity contribution >= 4 is 15.8 Å². The third-order valence-electron chi connectivity index (χ3n) is 2.36. The van der Waals surface area contributed by atoms with Crippen molar-refractivity contribution in [3.8, 4) is 0 Å². The Morgan fingerprint density at radius 2 is 1.89 bits per heavy atom. The van der Waals surface area contributed by atoms with Crippen molar-refractivity contribution in [1.82, 2.24) is 10.6 Å². The zero-order chi connectivity index (χ0) is 14.3. The standard InChI is InChI=1S/C12H18FN3O2S/c1-14-12(15-7-8-19(2,17)18)16-9-10-3-5-11(13)6-4-10/h3-6H,7-9H2,1-2H3,(H2,14,15,16). The molecular formula is C12H18FN3O2S. The molecule has 0 radical (unpaired) electrons. The highest BCUT2D eigenvalue weighted by Gasteiger charge is 2.03. The second kappa shape index (κ2) is 7.08. The molecule has 0 spiro atoms. The maximum Gasteiger partial charge on any atom is 0.191 e. The van der Waals surface area contributed by atoms with Crippen LogP contribution in [-0.4, -0.2) is 40.0 Å². The smallest absolute Gasteiger partial charge is 0.191 e. The maximum atomic E-state index is 12.7. The van der Waals surface area contributed by atoms with Crippen LogP contribution < -0.4 is 10.6 Å². The molecule has 19 heavy (non-hydrogen) atoms. The van der Waals surface area contributed by atoms with Crippen molar-refractivity contribution in [2.45, 2.75) is 6.54 Å². The lowest BCUT2D eigenvalue weighted by atomic mass is 10.2. The average molecular weight is 287 g/mol. The van der Waals surface area contributed by atoms with Gasteiger partial charge in [-0.2, -0.15) is 0 Å². The SMILES string of the molecule is CN=C(NCCS(C)(=O)=O)NCc1ccc(F)cc1. The third-order valence-corrected chi connectivity index (χ3v) is 3.31. The average Bonchev–Trinajstić information content (AvgIpc) is 2.34. The molecule has 0 aliphatic carbocycles. The van der Waals surface area contributed by atoms with Gasteiger partial charge in [0, 0.05) is 26.4 Å². The van der Waals surface area contributed by atoms with Gasteiger partial charge in [-0.1, -0.05) is 12.1 Å².